The van der Waals surface area contributed by atoms with E-state index < -0.39 is 5.67 Å². The van der Waals surface area contributed by atoms with Gasteiger partial charge in [0, 0.05) is 6.04 Å². The van der Waals surface area contributed by atoms with Crippen LogP contribution in [0.1, 0.15) is 64.2 Å². The van der Waals surface area contributed by atoms with Crippen LogP contribution in [-0.4, -0.2) is 11.7 Å². The second kappa shape index (κ2) is 4.82. The summed E-state index contributed by atoms with van der Waals surface area (Å²) >= 11 is 0. The van der Waals surface area contributed by atoms with Crippen molar-refractivity contribution in [1.29, 1.82) is 0 Å². The molecule has 2 fully saturated rings. The summed E-state index contributed by atoms with van der Waals surface area (Å²) in [5.74, 6) is 0.340. The molecule has 0 radical (unpaired) electrons. The van der Waals surface area contributed by atoms with Gasteiger partial charge in [0.15, 0.2) is 0 Å². The SMILES string of the molecule is NC1CCC(F)(C2CCCCCC2)CC1. The molecule has 0 spiro atoms. The van der Waals surface area contributed by atoms with Gasteiger partial charge >= 0.3 is 0 Å². The minimum absolute atomic E-state index is 0.264. The molecule has 2 rings (SSSR count). The molecule has 15 heavy (non-hydrogen) atoms. The highest BCUT2D eigenvalue weighted by Crippen LogP contribution is 2.43. The molecule has 2 heteroatoms. The Morgan fingerprint density at radius 3 is 1.93 bits per heavy atom. The van der Waals surface area contributed by atoms with Crippen LogP contribution < -0.4 is 5.73 Å². The normalized spacial score (nSPS) is 40.0. The van der Waals surface area contributed by atoms with Crippen molar-refractivity contribution in [2.45, 2.75) is 75.9 Å². The van der Waals surface area contributed by atoms with Gasteiger partial charge in [0.1, 0.15) is 5.67 Å². The minimum atomic E-state index is -0.861. The number of hydrogen-bond acceptors (Lipinski definition) is 1. The number of alkyl halides is 1. The van der Waals surface area contributed by atoms with E-state index in [1.54, 1.807) is 0 Å². The Labute approximate surface area is 92.6 Å². The van der Waals surface area contributed by atoms with Gasteiger partial charge in [0.25, 0.3) is 0 Å². The summed E-state index contributed by atoms with van der Waals surface area (Å²) in [6.45, 7) is 0. The summed E-state index contributed by atoms with van der Waals surface area (Å²) < 4.78 is 14.8. The van der Waals surface area contributed by atoms with Crippen molar-refractivity contribution in [2.24, 2.45) is 11.7 Å². The van der Waals surface area contributed by atoms with Crippen molar-refractivity contribution in [3.63, 3.8) is 0 Å². The fourth-order valence-electron chi connectivity index (χ4n) is 3.32. The molecule has 0 aromatic rings. The predicted octanol–water partition coefficient (Wildman–Crippen LogP) is 3.57. The fourth-order valence-corrected chi connectivity index (χ4v) is 3.32. The average molecular weight is 213 g/mol. The number of rotatable bonds is 1. The lowest BCUT2D eigenvalue weighted by molar-refractivity contribution is 0.0254. The second-order valence-corrected chi connectivity index (χ2v) is 5.56. The van der Waals surface area contributed by atoms with Crippen molar-refractivity contribution in [3.05, 3.63) is 0 Å². The van der Waals surface area contributed by atoms with Crippen molar-refractivity contribution in [3.8, 4) is 0 Å². The van der Waals surface area contributed by atoms with Crippen LogP contribution in [-0.2, 0) is 0 Å². The van der Waals surface area contributed by atoms with E-state index in [9.17, 15) is 4.39 Å². The monoisotopic (exact) mass is 213 g/mol. The lowest BCUT2D eigenvalue weighted by Gasteiger charge is -2.38. The molecule has 0 heterocycles. The molecule has 1 nitrogen and oxygen atoms in total. The number of hydrogen-bond donors (Lipinski definition) is 1. The zero-order valence-corrected chi connectivity index (χ0v) is 9.68. The first kappa shape index (κ1) is 11.4. The van der Waals surface area contributed by atoms with E-state index in [0.717, 1.165) is 38.5 Å². The van der Waals surface area contributed by atoms with Crippen molar-refractivity contribution in [1.82, 2.24) is 0 Å². The van der Waals surface area contributed by atoms with Crippen molar-refractivity contribution >= 4 is 0 Å². The van der Waals surface area contributed by atoms with E-state index in [0.29, 0.717) is 5.92 Å². The fraction of sp³-hybridized carbons (Fsp3) is 1.00. The van der Waals surface area contributed by atoms with Gasteiger partial charge < -0.3 is 5.73 Å². The summed E-state index contributed by atoms with van der Waals surface area (Å²) in [4.78, 5) is 0. The van der Waals surface area contributed by atoms with Gasteiger partial charge in [-0.05, 0) is 44.4 Å². The Morgan fingerprint density at radius 2 is 1.40 bits per heavy atom. The Kier molecular flexibility index (Phi) is 3.65. The first-order valence-corrected chi connectivity index (χ1v) is 6.65. The molecule has 0 saturated heterocycles. The van der Waals surface area contributed by atoms with Crippen LogP contribution in [0.25, 0.3) is 0 Å². The smallest absolute Gasteiger partial charge is 0.114 e. The molecule has 2 N–H and O–H groups in total. The third kappa shape index (κ3) is 2.72. The maximum absolute atomic E-state index is 14.8. The van der Waals surface area contributed by atoms with Crippen LogP contribution in [0.5, 0.6) is 0 Å². The highest BCUT2D eigenvalue weighted by molar-refractivity contribution is 4.93. The number of halogens is 1. The zero-order valence-electron chi connectivity index (χ0n) is 9.68. The van der Waals surface area contributed by atoms with E-state index in [-0.39, 0.29) is 6.04 Å². The number of nitrogens with two attached hydrogens (primary N) is 1. The standard InChI is InChI=1S/C13H24FN/c14-13(9-7-12(15)8-10-13)11-5-3-1-2-4-6-11/h11-12H,1-10,15H2. The third-order valence-corrected chi connectivity index (χ3v) is 4.45. The first-order chi connectivity index (χ1) is 7.21. The molecule has 0 aromatic carbocycles. The molecule has 2 aliphatic carbocycles. The first-order valence-electron chi connectivity index (χ1n) is 6.65. The molecular weight excluding hydrogens is 189 g/mol. The zero-order chi connectivity index (χ0) is 10.7. The van der Waals surface area contributed by atoms with Crippen LogP contribution in [0.2, 0.25) is 0 Å². The highest BCUT2D eigenvalue weighted by atomic mass is 19.1. The quantitative estimate of drug-likeness (QED) is 0.662. The van der Waals surface area contributed by atoms with Crippen molar-refractivity contribution < 1.29 is 4.39 Å². The average Bonchev–Trinajstić information content (AvgIpc) is 2.51. The summed E-state index contributed by atoms with van der Waals surface area (Å²) in [5.41, 5.74) is 4.99. The molecule has 2 aliphatic rings. The molecule has 0 bridgehead atoms. The molecule has 2 saturated carbocycles. The lowest BCUT2D eigenvalue weighted by atomic mass is 9.73. The maximum atomic E-state index is 14.8. The van der Waals surface area contributed by atoms with E-state index in [1.165, 1.54) is 25.7 Å². The Bertz CT molecular complexity index is 189. The molecular formula is C13H24FN. The van der Waals surface area contributed by atoms with E-state index in [1.807, 2.05) is 0 Å². The lowest BCUT2D eigenvalue weighted by Crippen LogP contribution is -2.41. The summed E-state index contributed by atoms with van der Waals surface area (Å²) in [7, 11) is 0. The van der Waals surface area contributed by atoms with Gasteiger partial charge in [-0.15, -0.1) is 0 Å². The van der Waals surface area contributed by atoms with Crippen LogP contribution in [0.4, 0.5) is 4.39 Å². The maximum Gasteiger partial charge on any atom is 0.114 e. The van der Waals surface area contributed by atoms with Crippen molar-refractivity contribution in [2.75, 3.05) is 0 Å². The predicted molar refractivity (Wildman–Crippen MR) is 61.5 cm³/mol. The van der Waals surface area contributed by atoms with Gasteiger partial charge in [-0.3, -0.25) is 0 Å². The molecule has 88 valence electrons. The van der Waals surface area contributed by atoms with Crippen LogP contribution >= 0.6 is 0 Å². The topological polar surface area (TPSA) is 26.0 Å². The molecule has 0 aliphatic heterocycles. The van der Waals surface area contributed by atoms with Crippen LogP contribution in [0.15, 0.2) is 0 Å². The Morgan fingerprint density at radius 1 is 0.867 bits per heavy atom. The largest absolute Gasteiger partial charge is 0.328 e. The second-order valence-electron chi connectivity index (χ2n) is 5.56. The van der Waals surface area contributed by atoms with Gasteiger partial charge in [-0.25, -0.2) is 4.39 Å². The van der Waals surface area contributed by atoms with E-state index >= 15 is 0 Å². The van der Waals surface area contributed by atoms with Gasteiger partial charge in [-0.2, -0.15) is 0 Å². The Hall–Kier alpha value is -0.110. The Balaban J connectivity index is 1.94. The summed E-state index contributed by atoms with van der Waals surface area (Å²) in [6, 6.07) is 0.264. The van der Waals surface area contributed by atoms with Crippen LogP contribution in [0, 0.1) is 5.92 Å². The third-order valence-electron chi connectivity index (χ3n) is 4.45. The van der Waals surface area contributed by atoms with E-state index in [2.05, 4.69) is 0 Å². The highest BCUT2D eigenvalue weighted by Gasteiger charge is 2.41. The molecule has 0 atom stereocenters. The van der Waals surface area contributed by atoms with E-state index in [4.69, 9.17) is 5.73 Å². The molecule has 0 unspecified atom stereocenters. The summed E-state index contributed by atoms with van der Waals surface area (Å²) in [5, 5.41) is 0. The van der Waals surface area contributed by atoms with Gasteiger partial charge in [-0.1, -0.05) is 25.7 Å². The molecule has 0 amide bonds. The van der Waals surface area contributed by atoms with Gasteiger partial charge in [0.2, 0.25) is 0 Å². The van der Waals surface area contributed by atoms with Crippen LogP contribution in [0.3, 0.4) is 0 Å². The van der Waals surface area contributed by atoms with Gasteiger partial charge in [0.05, 0.1) is 0 Å². The molecule has 0 aromatic heterocycles. The minimum Gasteiger partial charge on any atom is -0.328 e. The summed E-state index contributed by atoms with van der Waals surface area (Å²) in [6.07, 6.45) is 10.6.